The maximum Gasteiger partial charge on any atom is 0.407 e. The van der Waals surface area contributed by atoms with Gasteiger partial charge in [0.2, 0.25) is 0 Å². The number of nitrogens with zero attached hydrogens (tertiary/aromatic N) is 3. The quantitative estimate of drug-likeness (QED) is 0.943. The van der Waals surface area contributed by atoms with Gasteiger partial charge in [0.15, 0.2) is 0 Å². The van der Waals surface area contributed by atoms with Crippen LogP contribution in [0.1, 0.15) is 6.42 Å². The molecule has 1 aliphatic heterocycles. The van der Waals surface area contributed by atoms with Crippen molar-refractivity contribution in [3.05, 3.63) is 30.5 Å². The molecule has 1 fully saturated rings. The number of fused-ring (bicyclic) bond motifs is 1. The maximum absolute atomic E-state index is 11.0. The van der Waals surface area contributed by atoms with Crippen LogP contribution in [0.25, 0.3) is 10.9 Å². The third-order valence-electron chi connectivity index (χ3n) is 4.27. The normalized spacial score (nSPS) is 17.7. The Morgan fingerprint density at radius 1 is 1.45 bits per heavy atom. The van der Waals surface area contributed by atoms with Crippen LogP contribution < -0.4 is 9.64 Å². The fourth-order valence-electron chi connectivity index (χ4n) is 2.85. The Hall–Kier alpha value is -2.50. The van der Waals surface area contributed by atoms with Crippen LogP contribution in [-0.4, -0.2) is 54.4 Å². The highest BCUT2D eigenvalue weighted by Crippen LogP contribution is 2.26. The molecule has 1 aromatic carbocycles. The first kappa shape index (κ1) is 14.4. The van der Waals surface area contributed by atoms with Crippen molar-refractivity contribution >= 4 is 22.7 Å². The summed E-state index contributed by atoms with van der Waals surface area (Å²) in [5.41, 5.74) is 1.88. The number of ether oxygens (including phenoxy) is 1. The molecule has 6 nitrogen and oxygen atoms in total. The zero-order valence-corrected chi connectivity index (χ0v) is 12.7. The minimum Gasteiger partial charge on any atom is -0.497 e. The summed E-state index contributed by atoms with van der Waals surface area (Å²) in [6.07, 6.45) is 1.81. The van der Waals surface area contributed by atoms with E-state index in [-0.39, 0.29) is 6.04 Å². The number of carbonyl (C=O) groups is 1. The number of carboxylic acid groups (broad SMARTS) is 1. The van der Waals surface area contributed by atoms with E-state index in [1.165, 1.54) is 4.90 Å². The monoisotopic (exact) mass is 301 g/mol. The summed E-state index contributed by atoms with van der Waals surface area (Å²) >= 11 is 0. The van der Waals surface area contributed by atoms with Gasteiger partial charge < -0.3 is 19.6 Å². The molecule has 0 saturated carbocycles. The molecule has 22 heavy (non-hydrogen) atoms. The summed E-state index contributed by atoms with van der Waals surface area (Å²) < 4.78 is 5.20. The summed E-state index contributed by atoms with van der Waals surface area (Å²) in [6.45, 7) is 1.12. The fourth-order valence-corrected chi connectivity index (χ4v) is 2.85. The van der Waals surface area contributed by atoms with Crippen LogP contribution in [0.15, 0.2) is 30.5 Å². The molecule has 116 valence electrons. The number of likely N-dealkylation sites (tertiary alicyclic amines) is 1. The molecule has 2 heterocycles. The molecular weight excluding hydrogens is 282 g/mol. The fraction of sp³-hybridized carbons (Fsp3) is 0.375. The van der Waals surface area contributed by atoms with Gasteiger partial charge in [-0.2, -0.15) is 0 Å². The predicted octanol–water partition coefficient (Wildman–Crippen LogP) is 2.43. The second-order valence-corrected chi connectivity index (χ2v) is 5.53. The molecule has 0 spiro atoms. The van der Waals surface area contributed by atoms with E-state index >= 15 is 0 Å². The van der Waals surface area contributed by atoms with Crippen LogP contribution in [0.2, 0.25) is 0 Å². The Morgan fingerprint density at radius 2 is 2.27 bits per heavy atom. The molecule has 1 aliphatic rings. The predicted molar refractivity (Wildman–Crippen MR) is 84.7 cm³/mol. The number of methoxy groups -OCH3 is 1. The highest BCUT2D eigenvalue weighted by atomic mass is 16.5. The summed E-state index contributed by atoms with van der Waals surface area (Å²) in [7, 11) is 3.62. The van der Waals surface area contributed by atoms with Crippen molar-refractivity contribution in [3.63, 3.8) is 0 Å². The third kappa shape index (κ3) is 2.64. The van der Waals surface area contributed by atoms with Crippen LogP contribution in [0.4, 0.5) is 10.5 Å². The highest BCUT2D eigenvalue weighted by Gasteiger charge is 2.28. The van der Waals surface area contributed by atoms with Crippen molar-refractivity contribution in [3.8, 4) is 5.75 Å². The molecule has 1 aromatic heterocycles. The second kappa shape index (κ2) is 5.71. The first-order valence-corrected chi connectivity index (χ1v) is 7.23. The summed E-state index contributed by atoms with van der Waals surface area (Å²) in [5.74, 6) is 0.786. The van der Waals surface area contributed by atoms with E-state index in [2.05, 4.69) is 16.0 Å². The number of aromatic nitrogens is 1. The molecule has 0 radical (unpaired) electrons. The lowest BCUT2D eigenvalue weighted by atomic mass is 10.1. The average molecular weight is 301 g/mol. The van der Waals surface area contributed by atoms with Gasteiger partial charge in [-0.3, -0.25) is 4.98 Å². The molecule has 1 unspecified atom stereocenters. The van der Waals surface area contributed by atoms with Crippen molar-refractivity contribution in [1.82, 2.24) is 9.88 Å². The van der Waals surface area contributed by atoms with Crippen molar-refractivity contribution in [1.29, 1.82) is 0 Å². The zero-order valence-electron chi connectivity index (χ0n) is 12.7. The van der Waals surface area contributed by atoms with Gasteiger partial charge in [0.1, 0.15) is 5.75 Å². The van der Waals surface area contributed by atoms with E-state index in [1.807, 2.05) is 31.4 Å². The van der Waals surface area contributed by atoms with Crippen LogP contribution in [0, 0.1) is 0 Å². The molecule has 1 atom stereocenters. The Kier molecular flexibility index (Phi) is 3.75. The number of pyridine rings is 1. The smallest absolute Gasteiger partial charge is 0.407 e. The number of hydrogen-bond donors (Lipinski definition) is 1. The summed E-state index contributed by atoms with van der Waals surface area (Å²) in [5, 5.41) is 10.1. The highest BCUT2D eigenvalue weighted by molar-refractivity contribution is 5.83. The van der Waals surface area contributed by atoms with Gasteiger partial charge >= 0.3 is 6.09 Å². The number of likely N-dealkylation sites (N-methyl/N-ethyl adjacent to an activating group) is 1. The average Bonchev–Trinajstić information content (AvgIpc) is 3.03. The van der Waals surface area contributed by atoms with E-state index in [0.29, 0.717) is 13.1 Å². The maximum atomic E-state index is 11.0. The Morgan fingerprint density at radius 3 is 2.95 bits per heavy atom. The summed E-state index contributed by atoms with van der Waals surface area (Å²) in [6, 6.07) is 8.06. The Labute approximate surface area is 128 Å². The minimum absolute atomic E-state index is 0.189. The van der Waals surface area contributed by atoms with Crippen molar-refractivity contribution in [2.24, 2.45) is 0 Å². The van der Waals surface area contributed by atoms with E-state index in [9.17, 15) is 4.79 Å². The number of amides is 1. The molecule has 1 saturated heterocycles. The molecule has 6 heteroatoms. The Balaban J connectivity index is 1.82. The molecule has 0 bridgehead atoms. The van der Waals surface area contributed by atoms with E-state index < -0.39 is 6.09 Å². The molecule has 1 N–H and O–H groups in total. The van der Waals surface area contributed by atoms with Gasteiger partial charge in [0, 0.05) is 37.6 Å². The molecule has 0 aliphatic carbocycles. The number of hydrogen-bond acceptors (Lipinski definition) is 4. The first-order chi connectivity index (χ1) is 10.6. The van der Waals surface area contributed by atoms with Crippen LogP contribution >= 0.6 is 0 Å². The third-order valence-corrected chi connectivity index (χ3v) is 4.27. The molecule has 3 rings (SSSR count). The van der Waals surface area contributed by atoms with E-state index in [1.54, 1.807) is 7.11 Å². The van der Waals surface area contributed by atoms with Gasteiger partial charge in [0.25, 0.3) is 0 Å². The van der Waals surface area contributed by atoms with Gasteiger partial charge in [-0.15, -0.1) is 0 Å². The van der Waals surface area contributed by atoms with Crippen molar-refractivity contribution in [2.45, 2.75) is 12.5 Å². The van der Waals surface area contributed by atoms with Gasteiger partial charge in [-0.05, 0) is 24.6 Å². The SMILES string of the molecule is COc1ccc2cc(N(C)C3CCN(C(=O)O)C3)cnc2c1. The van der Waals surface area contributed by atoms with Crippen LogP contribution in [0.5, 0.6) is 5.75 Å². The van der Waals surface area contributed by atoms with Gasteiger partial charge in [-0.1, -0.05) is 0 Å². The van der Waals surface area contributed by atoms with Crippen molar-refractivity contribution in [2.75, 3.05) is 32.1 Å². The van der Waals surface area contributed by atoms with Crippen LogP contribution in [0.3, 0.4) is 0 Å². The number of benzene rings is 1. The zero-order chi connectivity index (χ0) is 15.7. The van der Waals surface area contributed by atoms with Gasteiger partial charge in [0.05, 0.1) is 24.5 Å². The standard InChI is InChI=1S/C16H19N3O3/c1-18(12-5-6-19(10-12)16(20)21)13-7-11-3-4-14(22-2)8-15(11)17-9-13/h3-4,7-9,12H,5-6,10H2,1-2H3,(H,20,21). The largest absolute Gasteiger partial charge is 0.497 e. The van der Waals surface area contributed by atoms with Gasteiger partial charge in [-0.25, -0.2) is 4.79 Å². The van der Waals surface area contributed by atoms with Crippen molar-refractivity contribution < 1.29 is 14.6 Å². The van der Waals surface area contributed by atoms with Crippen LogP contribution in [-0.2, 0) is 0 Å². The summed E-state index contributed by atoms with van der Waals surface area (Å²) in [4.78, 5) is 19.1. The lowest BCUT2D eigenvalue weighted by Crippen LogP contribution is -2.36. The lowest BCUT2D eigenvalue weighted by molar-refractivity contribution is 0.155. The number of anilines is 1. The van der Waals surface area contributed by atoms with E-state index in [0.717, 1.165) is 28.8 Å². The molecule has 2 aromatic rings. The molecule has 1 amide bonds. The first-order valence-electron chi connectivity index (χ1n) is 7.23. The minimum atomic E-state index is -0.848. The molecular formula is C16H19N3O3. The topological polar surface area (TPSA) is 65.9 Å². The lowest BCUT2D eigenvalue weighted by Gasteiger charge is -2.26. The Bertz CT molecular complexity index is 704. The second-order valence-electron chi connectivity index (χ2n) is 5.53. The number of rotatable bonds is 3. The van der Waals surface area contributed by atoms with E-state index in [4.69, 9.17) is 9.84 Å².